The molecule has 0 saturated carbocycles. The highest BCUT2D eigenvalue weighted by molar-refractivity contribution is 6.01. The van der Waals surface area contributed by atoms with Crippen molar-refractivity contribution in [2.45, 2.75) is 6.54 Å². The molecular formula is C22H19NO6. The third kappa shape index (κ3) is 4.40. The average molecular weight is 393 g/mol. The lowest BCUT2D eigenvalue weighted by Gasteiger charge is -2.18. The fourth-order valence-corrected chi connectivity index (χ4v) is 2.92. The number of rotatable bonds is 7. The van der Waals surface area contributed by atoms with E-state index >= 15 is 0 Å². The maximum atomic E-state index is 12.5. The molecule has 29 heavy (non-hydrogen) atoms. The van der Waals surface area contributed by atoms with E-state index in [0.29, 0.717) is 48.1 Å². The molecule has 0 saturated heterocycles. The average Bonchev–Trinajstić information content (AvgIpc) is 3.29. The molecule has 0 radical (unpaired) electrons. The fraction of sp³-hybridized carbons (Fsp3) is 0.182. The molecule has 0 aliphatic carbocycles. The third-order valence-corrected chi connectivity index (χ3v) is 4.38. The lowest BCUT2D eigenvalue weighted by atomic mass is 10.1. The summed E-state index contributed by atoms with van der Waals surface area (Å²) in [5.74, 6) is 0.944. The zero-order valence-electron chi connectivity index (χ0n) is 15.6. The Morgan fingerprint density at radius 3 is 2.62 bits per heavy atom. The van der Waals surface area contributed by atoms with Crippen LogP contribution in [0.4, 0.5) is 5.69 Å². The van der Waals surface area contributed by atoms with Crippen LogP contribution in [0.3, 0.4) is 0 Å². The van der Waals surface area contributed by atoms with E-state index in [0.717, 1.165) is 5.76 Å². The SMILES string of the molecule is O=C(COC(=O)c1ccccc1NCc1ccco1)c1ccc2c(c1)OCCO2. The number of nitrogens with one attached hydrogen (secondary N) is 1. The largest absolute Gasteiger partial charge is 0.486 e. The van der Waals surface area contributed by atoms with Gasteiger partial charge >= 0.3 is 5.97 Å². The minimum atomic E-state index is -0.585. The summed E-state index contributed by atoms with van der Waals surface area (Å²) < 4.78 is 21.4. The Kier molecular flexibility index (Phi) is 5.47. The monoisotopic (exact) mass is 393 g/mol. The van der Waals surface area contributed by atoms with E-state index in [1.165, 1.54) is 0 Å². The first-order chi connectivity index (χ1) is 14.2. The van der Waals surface area contributed by atoms with Crippen LogP contribution < -0.4 is 14.8 Å². The zero-order valence-corrected chi connectivity index (χ0v) is 15.6. The first-order valence-electron chi connectivity index (χ1n) is 9.16. The lowest BCUT2D eigenvalue weighted by Crippen LogP contribution is -2.18. The molecule has 7 heteroatoms. The summed E-state index contributed by atoms with van der Waals surface area (Å²) in [5, 5.41) is 3.14. The van der Waals surface area contributed by atoms with Crippen molar-refractivity contribution in [1.29, 1.82) is 0 Å². The predicted molar refractivity (Wildman–Crippen MR) is 105 cm³/mol. The molecule has 1 aromatic heterocycles. The van der Waals surface area contributed by atoms with Crippen LogP contribution in [0.5, 0.6) is 11.5 Å². The normalized spacial score (nSPS) is 12.3. The van der Waals surface area contributed by atoms with Crippen molar-refractivity contribution >= 4 is 17.4 Å². The van der Waals surface area contributed by atoms with Gasteiger partial charge in [-0.05, 0) is 42.5 Å². The molecule has 0 amide bonds. The van der Waals surface area contributed by atoms with E-state index in [-0.39, 0.29) is 12.4 Å². The van der Waals surface area contributed by atoms with E-state index in [1.54, 1.807) is 48.7 Å². The molecule has 1 aliphatic rings. The van der Waals surface area contributed by atoms with Crippen LogP contribution in [0.25, 0.3) is 0 Å². The second kappa shape index (κ2) is 8.52. The van der Waals surface area contributed by atoms with Crippen molar-refractivity contribution in [3.8, 4) is 11.5 Å². The Balaban J connectivity index is 1.39. The second-order valence-corrected chi connectivity index (χ2v) is 6.34. The first-order valence-corrected chi connectivity index (χ1v) is 9.16. The Morgan fingerprint density at radius 1 is 0.966 bits per heavy atom. The van der Waals surface area contributed by atoms with Gasteiger partial charge in [-0.15, -0.1) is 0 Å². The van der Waals surface area contributed by atoms with Gasteiger partial charge in [-0.1, -0.05) is 12.1 Å². The predicted octanol–water partition coefficient (Wildman–Crippen LogP) is 3.70. The minimum Gasteiger partial charge on any atom is -0.486 e. The molecule has 7 nitrogen and oxygen atoms in total. The number of hydrogen-bond donors (Lipinski definition) is 1. The summed E-state index contributed by atoms with van der Waals surface area (Å²) in [6, 6.07) is 15.5. The third-order valence-electron chi connectivity index (χ3n) is 4.38. The van der Waals surface area contributed by atoms with Gasteiger partial charge in [0.05, 0.1) is 18.4 Å². The number of hydrogen-bond acceptors (Lipinski definition) is 7. The molecule has 0 fully saturated rings. The van der Waals surface area contributed by atoms with Gasteiger partial charge in [0.2, 0.25) is 0 Å². The van der Waals surface area contributed by atoms with Crippen molar-refractivity contribution in [2.75, 3.05) is 25.1 Å². The highest BCUT2D eigenvalue weighted by atomic mass is 16.6. The molecule has 2 heterocycles. The summed E-state index contributed by atoms with van der Waals surface area (Å²) in [4.78, 5) is 24.9. The van der Waals surface area contributed by atoms with Crippen LogP contribution >= 0.6 is 0 Å². The molecule has 148 valence electrons. The lowest BCUT2D eigenvalue weighted by molar-refractivity contribution is 0.0475. The number of Topliss-reactive ketones (excluding diaryl/α,β-unsaturated/α-hetero) is 1. The van der Waals surface area contributed by atoms with Crippen molar-refractivity contribution in [3.63, 3.8) is 0 Å². The Hall–Kier alpha value is -3.74. The number of para-hydroxylation sites is 1. The Labute approximate surface area is 167 Å². The van der Waals surface area contributed by atoms with Crippen LogP contribution in [0.2, 0.25) is 0 Å². The highest BCUT2D eigenvalue weighted by Gasteiger charge is 2.18. The maximum Gasteiger partial charge on any atom is 0.340 e. The topological polar surface area (TPSA) is 87.0 Å². The molecule has 0 atom stereocenters. The summed E-state index contributed by atoms with van der Waals surface area (Å²) in [6.07, 6.45) is 1.58. The van der Waals surface area contributed by atoms with Gasteiger partial charge in [0.15, 0.2) is 23.9 Å². The van der Waals surface area contributed by atoms with E-state index in [9.17, 15) is 9.59 Å². The molecule has 0 unspecified atom stereocenters. The van der Waals surface area contributed by atoms with Crippen molar-refractivity contribution in [2.24, 2.45) is 0 Å². The van der Waals surface area contributed by atoms with Crippen molar-refractivity contribution in [3.05, 3.63) is 77.7 Å². The van der Waals surface area contributed by atoms with Gasteiger partial charge in [-0.25, -0.2) is 4.79 Å². The summed E-state index contributed by atoms with van der Waals surface area (Å²) in [6.45, 7) is 0.963. The number of carbonyl (C=O) groups is 2. The van der Waals surface area contributed by atoms with Crippen LogP contribution in [-0.2, 0) is 11.3 Å². The van der Waals surface area contributed by atoms with E-state index in [4.69, 9.17) is 18.6 Å². The van der Waals surface area contributed by atoms with Gasteiger partial charge in [0.25, 0.3) is 0 Å². The van der Waals surface area contributed by atoms with Crippen molar-refractivity contribution < 1.29 is 28.2 Å². The molecule has 3 aromatic rings. The van der Waals surface area contributed by atoms with Crippen LogP contribution in [0.15, 0.2) is 65.3 Å². The number of benzene rings is 2. The van der Waals surface area contributed by atoms with Crippen LogP contribution in [0, 0.1) is 0 Å². The van der Waals surface area contributed by atoms with Crippen LogP contribution in [-0.4, -0.2) is 31.6 Å². The van der Waals surface area contributed by atoms with E-state index in [1.807, 2.05) is 12.1 Å². The van der Waals surface area contributed by atoms with Gasteiger partial charge in [-0.3, -0.25) is 4.79 Å². The maximum absolute atomic E-state index is 12.5. The van der Waals surface area contributed by atoms with Gasteiger partial charge in [-0.2, -0.15) is 0 Å². The minimum absolute atomic E-state index is 0.323. The van der Waals surface area contributed by atoms with Crippen molar-refractivity contribution in [1.82, 2.24) is 0 Å². The van der Waals surface area contributed by atoms with Gasteiger partial charge in [0, 0.05) is 11.3 Å². The summed E-state index contributed by atoms with van der Waals surface area (Å²) >= 11 is 0. The number of anilines is 1. The number of ether oxygens (including phenoxy) is 3. The molecule has 2 aromatic carbocycles. The number of fused-ring (bicyclic) bond motifs is 1. The molecule has 0 bridgehead atoms. The molecule has 1 N–H and O–H groups in total. The Bertz CT molecular complexity index is 1010. The number of carbonyl (C=O) groups excluding carboxylic acids is 2. The molecule has 4 rings (SSSR count). The Morgan fingerprint density at radius 2 is 1.79 bits per heavy atom. The molecule has 1 aliphatic heterocycles. The smallest absolute Gasteiger partial charge is 0.340 e. The number of esters is 1. The first kappa shape index (κ1) is 18.6. The van der Waals surface area contributed by atoms with E-state index < -0.39 is 5.97 Å². The number of furan rings is 1. The summed E-state index contributed by atoms with van der Waals surface area (Å²) in [7, 11) is 0. The fourth-order valence-electron chi connectivity index (χ4n) is 2.92. The van der Waals surface area contributed by atoms with Gasteiger partial charge in [0.1, 0.15) is 19.0 Å². The molecule has 0 spiro atoms. The summed E-state index contributed by atoms with van der Waals surface area (Å²) in [5.41, 5.74) is 1.33. The quantitative estimate of drug-likeness (QED) is 0.484. The van der Waals surface area contributed by atoms with Gasteiger partial charge < -0.3 is 23.9 Å². The highest BCUT2D eigenvalue weighted by Crippen LogP contribution is 2.30. The molecular weight excluding hydrogens is 374 g/mol. The van der Waals surface area contributed by atoms with Crippen LogP contribution in [0.1, 0.15) is 26.5 Å². The second-order valence-electron chi connectivity index (χ2n) is 6.34. The van der Waals surface area contributed by atoms with E-state index in [2.05, 4.69) is 5.32 Å². The standard InChI is InChI=1S/C22H19NO6/c24-19(15-7-8-20-21(12-15)28-11-10-27-20)14-29-22(25)17-5-1-2-6-18(17)23-13-16-4-3-9-26-16/h1-9,12,23H,10-11,13-14H2. The number of ketones is 1. The zero-order chi connectivity index (χ0) is 20.1.